The molecule has 0 bridgehead atoms. The number of pyridine rings is 1. The average molecular weight is 472 g/mol. The minimum absolute atomic E-state index is 0. The molecule has 1 saturated carbocycles. The lowest BCUT2D eigenvalue weighted by atomic mass is 10.0. The molecule has 2 fully saturated rings. The van der Waals surface area contributed by atoms with Crippen LogP contribution in [-0.4, -0.2) is 62.7 Å². The number of piperazine rings is 1. The number of nitrogens with zero attached hydrogens (tertiary/aromatic N) is 4. The average Bonchev–Trinajstić information content (AvgIpc) is 3.44. The Balaban J connectivity index is 0.00000259. The normalized spacial score (nSPS) is 20.0. The van der Waals surface area contributed by atoms with E-state index in [1.54, 1.807) is 6.20 Å². The first-order valence-corrected chi connectivity index (χ1v) is 12.0. The third-order valence-electron chi connectivity index (χ3n) is 7.37. The molecule has 1 aliphatic heterocycles. The highest BCUT2D eigenvalue weighted by molar-refractivity contribution is 6.07. The zero-order valence-corrected chi connectivity index (χ0v) is 20.6. The summed E-state index contributed by atoms with van der Waals surface area (Å²) in [5.41, 5.74) is 3.15. The summed E-state index contributed by atoms with van der Waals surface area (Å²) in [5, 5.41) is 6.12. The Morgan fingerprint density at radius 2 is 1.94 bits per heavy atom. The van der Waals surface area contributed by atoms with Gasteiger partial charge < -0.3 is 9.88 Å². The molecule has 178 valence electrons. The van der Waals surface area contributed by atoms with Crippen molar-refractivity contribution in [1.82, 2.24) is 24.6 Å². The molecule has 1 N–H and O–H groups in total. The number of rotatable bonds is 4. The van der Waals surface area contributed by atoms with Crippen molar-refractivity contribution in [3.8, 4) is 0 Å². The second kappa shape index (κ2) is 9.47. The Hall–Kier alpha value is -2.38. The summed E-state index contributed by atoms with van der Waals surface area (Å²) in [6.07, 6.45) is 7.37. The lowest BCUT2D eigenvalue weighted by Crippen LogP contribution is -2.53. The van der Waals surface area contributed by atoms with Gasteiger partial charge in [0.2, 0.25) is 0 Å². The van der Waals surface area contributed by atoms with Crippen molar-refractivity contribution in [2.75, 3.05) is 26.2 Å². The van der Waals surface area contributed by atoms with Gasteiger partial charge >= 0.3 is 0 Å². The van der Waals surface area contributed by atoms with E-state index in [9.17, 15) is 9.59 Å². The molecule has 5 rings (SSSR count). The fourth-order valence-electron chi connectivity index (χ4n) is 5.62. The van der Waals surface area contributed by atoms with Crippen molar-refractivity contribution < 1.29 is 4.79 Å². The van der Waals surface area contributed by atoms with E-state index < -0.39 is 0 Å². The van der Waals surface area contributed by atoms with E-state index in [1.807, 2.05) is 28.6 Å². The monoisotopic (exact) mass is 471 g/mol. The number of nitrogens with one attached hydrogen (secondary N) is 1. The molecule has 2 aliphatic rings. The van der Waals surface area contributed by atoms with Gasteiger partial charge in [-0.1, -0.05) is 19.8 Å². The van der Waals surface area contributed by atoms with E-state index in [-0.39, 0.29) is 23.9 Å². The van der Waals surface area contributed by atoms with Gasteiger partial charge in [-0.3, -0.25) is 19.2 Å². The molecule has 0 radical (unpaired) electrons. The van der Waals surface area contributed by atoms with Gasteiger partial charge in [0, 0.05) is 36.6 Å². The molecule has 3 heterocycles. The van der Waals surface area contributed by atoms with Crippen LogP contribution in [0.5, 0.6) is 0 Å². The van der Waals surface area contributed by atoms with Gasteiger partial charge in [-0.25, -0.2) is 0 Å². The van der Waals surface area contributed by atoms with Gasteiger partial charge in [0.05, 0.1) is 28.7 Å². The van der Waals surface area contributed by atoms with Crippen LogP contribution in [0.25, 0.3) is 21.8 Å². The van der Waals surface area contributed by atoms with Crippen LogP contribution in [0.1, 0.15) is 67.9 Å². The van der Waals surface area contributed by atoms with E-state index in [4.69, 9.17) is 0 Å². The van der Waals surface area contributed by atoms with Crippen LogP contribution in [0, 0.1) is 6.92 Å². The number of hydrogen-bond acceptors (Lipinski definition) is 4. The first-order chi connectivity index (χ1) is 15.5. The molecule has 1 aliphatic carbocycles. The Morgan fingerprint density at radius 1 is 1.18 bits per heavy atom. The van der Waals surface area contributed by atoms with Crippen molar-refractivity contribution in [3.05, 3.63) is 39.8 Å². The summed E-state index contributed by atoms with van der Waals surface area (Å²) >= 11 is 0. The number of fused-ring (bicyclic) bond motifs is 3. The summed E-state index contributed by atoms with van der Waals surface area (Å²) in [4.78, 5) is 33.8. The Kier molecular flexibility index (Phi) is 6.82. The van der Waals surface area contributed by atoms with Crippen molar-refractivity contribution >= 4 is 40.1 Å². The molecule has 7 nitrogen and oxygen atoms in total. The standard InChI is InChI=1S/C25H33N5O2.ClH/c1-4-9-28-10-11-29(15-17(28)3)25(32)19-13-20-22(12-16(19)2)27-24(31)21-14-26-30(23(20)21)18-7-5-6-8-18;/h12-14,17-18H,4-11,15H2,1-3H3,(H,27,31);1H/t17-;/m0./s1. The number of H-pyrrole nitrogens is 1. The first-order valence-electron chi connectivity index (χ1n) is 12.0. The molecule has 1 amide bonds. The number of hydrogen-bond donors (Lipinski definition) is 1. The minimum Gasteiger partial charge on any atom is -0.336 e. The molecule has 0 unspecified atom stereocenters. The largest absolute Gasteiger partial charge is 0.336 e. The highest BCUT2D eigenvalue weighted by atomic mass is 35.5. The van der Waals surface area contributed by atoms with Crippen LogP contribution in [-0.2, 0) is 0 Å². The predicted molar refractivity (Wildman–Crippen MR) is 135 cm³/mol. The van der Waals surface area contributed by atoms with E-state index >= 15 is 0 Å². The van der Waals surface area contributed by atoms with Gasteiger partial charge in [-0.2, -0.15) is 5.10 Å². The van der Waals surface area contributed by atoms with E-state index in [2.05, 4.69) is 28.8 Å². The minimum atomic E-state index is -0.115. The van der Waals surface area contributed by atoms with Crippen LogP contribution >= 0.6 is 12.4 Å². The molecule has 33 heavy (non-hydrogen) atoms. The summed E-state index contributed by atoms with van der Waals surface area (Å²) in [6, 6.07) is 4.62. The summed E-state index contributed by atoms with van der Waals surface area (Å²) in [5.74, 6) is 0.0821. The maximum Gasteiger partial charge on any atom is 0.259 e. The van der Waals surface area contributed by atoms with Crippen LogP contribution in [0.3, 0.4) is 0 Å². The second-order valence-electron chi connectivity index (χ2n) is 9.59. The summed E-state index contributed by atoms with van der Waals surface area (Å²) in [7, 11) is 0. The Labute approximate surface area is 200 Å². The van der Waals surface area contributed by atoms with Crippen LogP contribution in [0.15, 0.2) is 23.1 Å². The SMILES string of the molecule is CCCN1CCN(C(=O)c2cc3c(cc2C)[nH]c(=O)c2cnn(C4CCCC4)c23)C[C@@H]1C.Cl. The summed E-state index contributed by atoms with van der Waals surface area (Å²) < 4.78 is 2.04. The molecular formula is C25H34ClN5O2. The maximum atomic E-state index is 13.6. The predicted octanol–water partition coefficient (Wildman–Crippen LogP) is 4.28. The zero-order chi connectivity index (χ0) is 22.4. The number of benzene rings is 1. The number of amides is 1. The molecule has 2 aromatic heterocycles. The van der Waals surface area contributed by atoms with Crippen molar-refractivity contribution in [1.29, 1.82) is 0 Å². The Bertz CT molecular complexity index is 1230. The fourth-order valence-corrected chi connectivity index (χ4v) is 5.62. The van der Waals surface area contributed by atoms with E-state index in [0.29, 0.717) is 17.5 Å². The molecule has 3 aromatic rings. The highest BCUT2D eigenvalue weighted by Gasteiger charge is 2.28. The number of halogens is 1. The number of carbonyl (C=O) groups is 1. The number of aryl methyl sites for hydroxylation is 1. The van der Waals surface area contributed by atoms with Crippen molar-refractivity contribution in [2.24, 2.45) is 0 Å². The van der Waals surface area contributed by atoms with Crippen LogP contribution < -0.4 is 5.56 Å². The third-order valence-corrected chi connectivity index (χ3v) is 7.37. The van der Waals surface area contributed by atoms with Gasteiger partial charge in [-0.15, -0.1) is 12.4 Å². The van der Waals surface area contributed by atoms with E-state index in [1.165, 1.54) is 12.8 Å². The second-order valence-corrected chi connectivity index (χ2v) is 9.59. The fraction of sp³-hybridized carbons (Fsp3) is 0.560. The van der Waals surface area contributed by atoms with Gasteiger partial charge in [0.25, 0.3) is 11.5 Å². The quantitative estimate of drug-likeness (QED) is 0.616. The lowest BCUT2D eigenvalue weighted by Gasteiger charge is -2.40. The molecule has 1 saturated heterocycles. The number of aromatic nitrogens is 3. The van der Waals surface area contributed by atoms with Crippen LogP contribution in [0.4, 0.5) is 0 Å². The topological polar surface area (TPSA) is 74.2 Å². The van der Waals surface area contributed by atoms with Gasteiger partial charge in [0.15, 0.2) is 0 Å². The van der Waals surface area contributed by atoms with E-state index in [0.717, 1.165) is 73.0 Å². The highest BCUT2D eigenvalue weighted by Crippen LogP contribution is 2.34. The van der Waals surface area contributed by atoms with Crippen molar-refractivity contribution in [3.63, 3.8) is 0 Å². The Morgan fingerprint density at radius 3 is 2.64 bits per heavy atom. The van der Waals surface area contributed by atoms with Crippen molar-refractivity contribution in [2.45, 2.75) is 65.0 Å². The third kappa shape index (κ3) is 4.17. The van der Waals surface area contributed by atoms with Gasteiger partial charge in [-0.05, 0) is 57.4 Å². The van der Waals surface area contributed by atoms with Gasteiger partial charge in [0.1, 0.15) is 0 Å². The van der Waals surface area contributed by atoms with Crippen LogP contribution in [0.2, 0.25) is 0 Å². The summed E-state index contributed by atoms with van der Waals surface area (Å²) in [6.45, 7) is 9.86. The first kappa shape index (κ1) is 23.8. The molecule has 0 spiro atoms. The molecule has 1 atom stereocenters. The zero-order valence-electron chi connectivity index (χ0n) is 19.8. The maximum absolute atomic E-state index is 13.6. The molecular weight excluding hydrogens is 438 g/mol. The lowest BCUT2D eigenvalue weighted by molar-refractivity contribution is 0.0515. The molecule has 8 heteroatoms. The number of carbonyl (C=O) groups excluding carboxylic acids is 1. The molecule has 1 aromatic carbocycles. The smallest absolute Gasteiger partial charge is 0.259 e. The number of aromatic amines is 1.